The van der Waals surface area contributed by atoms with E-state index in [1.54, 1.807) is 0 Å². The Hall–Kier alpha value is -0.760. The summed E-state index contributed by atoms with van der Waals surface area (Å²) < 4.78 is 0. The lowest BCUT2D eigenvalue weighted by atomic mass is 10.2. The van der Waals surface area contributed by atoms with Crippen molar-refractivity contribution in [2.45, 2.75) is 6.92 Å². The van der Waals surface area contributed by atoms with Crippen LogP contribution >= 0.6 is 0 Å². The minimum atomic E-state index is 1.06. The van der Waals surface area contributed by atoms with Crippen molar-refractivity contribution < 1.29 is 0 Å². The quantitative estimate of drug-likeness (QED) is 0.593. The topological polar surface area (TPSA) is 15.3 Å². The molecule has 1 aliphatic heterocycles. The molecule has 0 atom stereocenters. The van der Waals surface area contributed by atoms with E-state index in [2.05, 4.69) is 23.4 Å². The van der Waals surface area contributed by atoms with Crippen molar-refractivity contribution >= 4 is 0 Å². The summed E-state index contributed by atoms with van der Waals surface area (Å²) in [7, 11) is 0. The van der Waals surface area contributed by atoms with E-state index in [0.717, 1.165) is 37.4 Å². The molecule has 0 radical (unpaired) electrons. The van der Waals surface area contributed by atoms with Crippen LogP contribution in [-0.4, -0.2) is 31.1 Å². The number of rotatable bonds is 2. The van der Waals surface area contributed by atoms with Crippen LogP contribution in [0, 0.1) is 0 Å². The zero-order valence-corrected chi connectivity index (χ0v) is 7.19. The lowest BCUT2D eigenvalue weighted by molar-refractivity contribution is 0.305. The molecule has 0 aliphatic carbocycles. The fourth-order valence-corrected chi connectivity index (χ4v) is 1.20. The highest BCUT2D eigenvalue weighted by Gasteiger charge is 2.10. The van der Waals surface area contributed by atoms with E-state index in [-0.39, 0.29) is 0 Å². The number of nitrogens with zero attached hydrogens (tertiary/aromatic N) is 1. The van der Waals surface area contributed by atoms with Gasteiger partial charge in [0.25, 0.3) is 0 Å². The smallest absolute Gasteiger partial charge is 0.0317 e. The van der Waals surface area contributed by atoms with Gasteiger partial charge in [-0.15, -0.1) is 0 Å². The van der Waals surface area contributed by atoms with Gasteiger partial charge < -0.3 is 10.2 Å². The maximum Gasteiger partial charge on any atom is 0.0317 e. The van der Waals surface area contributed by atoms with Gasteiger partial charge in [-0.05, 0) is 12.5 Å². The van der Waals surface area contributed by atoms with Gasteiger partial charge >= 0.3 is 0 Å². The summed E-state index contributed by atoms with van der Waals surface area (Å²) in [5.41, 5.74) is 2.17. The zero-order valence-electron chi connectivity index (χ0n) is 7.19. The van der Waals surface area contributed by atoms with Crippen LogP contribution in [0.2, 0.25) is 0 Å². The van der Waals surface area contributed by atoms with Crippen LogP contribution in [0.4, 0.5) is 0 Å². The summed E-state index contributed by atoms with van der Waals surface area (Å²) in [6.07, 6.45) is 0. The molecule has 0 unspecified atom stereocenters. The third-order valence-electron chi connectivity index (χ3n) is 1.99. The molecule has 0 bridgehead atoms. The summed E-state index contributed by atoms with van der Waals surface area (Å²) in [4.78, 5) is 2.28. The van der Waals surface area contributed by atoms with E-state index >= 15 is 0 Å². The molecule has 0 amide bonds. The highest BCUT2D eigenvalue weighted by Crippen LogP contribution is 2.10. The third kappa shape index (κ3) is 2.09. The minimum absolute atomic E-state index is 1.06. The van der Waals surface area contributed by atoms with Crippen molar-refractivity contribution in [1.82, 2.24) is 10.2 Å². The number of piperazine rings is 1. The van der Waals surface area contributed by atoms with Gasteiger partial charge in [-0.3, -0.25) is 0 Å². The van der Waals surface area contributed by atoms with Crippen molar-refractivity contribution in [2.75, 3.05) is 26.2 Å². The molecule has 1 saturated heterocycles. The van der Waals surface area contributed by atoms with Crippen molar-refractivity contribution in [3.63, 3.8) is 0 Å². The van der Waals surface area contributed by atoms with Gasteiger partial charge in [-0.2, -0.15) is 0 Å². The molecule has 0 aromatic carbocycles. The minimum Gasteiger partial charge on any atom is -0.369 e. The van der Waals surface area contributed by atoms with Crippen LogP contribution in [0.25, 0.3) is 0 Å². The molecule has 0 saturated carbocycles. The van der Waals surface area contributed by atoms with Crippen LogP contribution in [-0.2, 0) is 0 Å². The second kappa shape index (κ2) is 3.58. The molecule has 0 aromatic rings. The highest BCUT2D eigenvalue weighted by molar-refractivity contribution is 5.21. The van der Waals surface area contributed by atoms with Gasteiger partial charge in [0.2, 0.25) is 0 Å². The summed E-state index contributed by atoms with van der Waals surface area (Å²) in [6, 6.07) is 0. The molecule has 1 heterocycles. The Labute approximate surface area is 68.6 Å². The largest absolute Gasteiger partial charge is 0.369 e. The molecule has 0 spiro atoms. The number of allylic oxidation sites excluding steroid dienone is 1. The van der Waals surface area contributed by atoms with E-state index in [1.165, 1.54) is 0 Å². The zero-order chi connectivity index (χ0) is 8.27. The Morgan fingerprint density at radius 2 is 1.82 bits per heavy atom. The van der Waals surface area contributed by atoms with Crippen molar-refractivity contribution in [2.24, 2.45) is 0 Å². The van der Waals surface area contributed by atoms with Gasteiger partial charge in [-0.25, -0.2) is 0 Å². The Kier molecular flexibility index (Phi) is 2.71. The average Bonchev–Trinajstić information content (AvgIpc) is 2.05. The molecule has 1 aliphatic rings. The predicted octanol–water partition coefficient (Wildman–Crippen LogP) is 0.981. The standard InChI is InChI=1S/C9H16N2/c1-8(2)9(3)11-6-4-10-5-7-11/h10H,1,3-7H2,2H3. The number of hydrogen-bond acceptors (Lipinski definition) is 2. The Balaban J connectivity index is 2.45. The summed E-state index contributed by atoms with van der Waals surface area (Å²) >= 11 is 0. The fraction of sp³-hybridized carbons (Fsp3) is 0.556. The van der Waals surface area contributed by atoms with Crippen LogP contribution < -0.4 is 5.32 Å². The van der Waals surface area contributed by atoms with Crippen LogP contribution in [0.15, 0.2) is 24.4 Å². The van der Waals surface area contributed by atoms with Gasteiger partial charge in [0.1, 0.15) is 0 Å². The van der Waals surface area contributed by atoms with Crippen LogP contribution in [0.1, 0.15) is 6.92 Å². The molecule has 1 rings (SSSR count). The van der Waals surface area contributed by atoms with Crippen molar-refractivity contribution in [3.05, 3.63) is 24.4 Å². The van der Waals surface area contributed by atoms with Crippen molar-refractivity contribution in [1.29, 1.82) is 0 Å². The van der Waals surface area contributed by atoms with Gasteiger partial charge in [0.15, 0.2) is 0 Å². The molecule has 2 nitrogen and oxygen atoms in total. The fourth-order valence-electron chi connectivity index (χ4n) is 1.20. The number of hydrogen-bond donors (Lipinski definition) is 1. The van der Waals surface area contributed by atoms with Gasteiger partial charge in [-0.1, -0.05) is 13.2 Å². The molecule has 0 aromatic heterocycles. The first-order valence-corrected chi connectivity index (χ1v) is 4.02. The highest BCUT2D eigenvalue weighted by atomic mass is 15.2. The average molecular weight is 152 g/mol. The third-order valence-corrected chi connectivity index (χ3v) is 1.99. The van der Waals surface area contributed by atoms with Crippen molar-refractivity contribution in [3.8, 4) is 0 Å². The van der Waals surface area contributed by atoms with E-state index in [1.807, 2.05) is 6.92 Å². The SMILES string of the molecule is C=C(C)C(=C)N1CCNCC1. The first-order valence-electron chi connectivity index (χ1n) is 4.02. The van der Waals surface area contributed by atoms with E-state index < -0.39 is 0 Å². The maximum absolute atomic E-state index is 3.98. The molecule has 11 heavy (non-hydrogen) atoms. The van der Waals surface area contributed by atoms with Crippen LogP contribution in [0.3, 0.4) is 0 Å². The van der Waals surface area contributed by atoms with Gasteiger partial charge in [0, 0.05) is 31.9 Å². The van der Waals surface area contributed by atoms with E-state index in [4.69, 9.17) is 0 Å². The lowest BCUT2D eigenvalue weighted by Gasteiger charge is -2.31. The molecular formula is C9H16N2. The second-order valence-corrected chi connectivity index (χ2v) is 2.96. The summed E-state index contributed by atoms with van der Waals surface area (Å²) in [5, 5.41) is 3.30. The summed E-state index contributed by atoms with van der Waals surface area (Å²) in [5.74, 6) is 0. The number of nitrogens with one attached hydrogen (secondary N) is 1. The monoisotopic (exact) mass is 152 g/mol. The first kappa shape index (κ1) is 8.34. The van der Waals surface area contributed by atoms with Gasteiger partial charge in [0.05, 0.1) is 0 Å². The molecule has 62 valence electrons. The van der Waals surface area contributed by atoms with E-state index in [0.29, 0.717) is 0 Å². The predicted molar refractivity (Wildman–Crippen MR) is 48.4 cm³/mol. The Bertz CT molecular complexity index is 166. The Morgan fingerprint density at radius 1 is 1.27 bits per heavy atom. The Morgan fingerprint density at radius 3 is 2.27 bits per heavy atom. The lowest BCUT2D eigenvalue weighted by Crippen LogP contribution is -2.42. The van der Waals surface area contributed by atoms with Crippen LogP contribution in [0.5, 0.6) is 0 Å². The molecule has 2 heteroatoms. The maximum atomic E-state index is 3.98. The molecule has 1 fully saturated rings. The first-order chi connectivity index (χ1) is 5.22. The second-order valence-electron chi connectivity index (χ2n) is 2.96. The van der Waals surface area contributed by atoms with E-state index in [9.17, 15) is 0 Å². The summed E-state index contributed by atoms with van der Waals surface area (Å²) in [6.45, 7) is 14.1. The normalized spacial score (nSPS) is 18.1. The molecular weight excluding hydrogens is 136 g/mol. The molecule has 1 N–H and O–H groups in total.